The molecule has 1 aliphatic rings. The van der Waals surface area contributed by atoms with Crippen LogP contribution in [0.4, 0.5) is 5.82 Å². The summed E-state index contributed by atoms with van der Waals surface area (Å²) in [6, 6.07) is 6.78. The fraction of sp³-hybridized carbons (Fsp3) is 0.706. The molecule has 118 valence electrons. The van der Waals surface area contributed by atoms with Gasteiger partial charge in [0.2, 0.25) is 0 Å². The van der Waals surface area contributed by atoms with Gasteiger partial charge in [-0.3, -0.25) is 4.90 Å². The molecule has 1 aliphatic heterocycles. The molecule has 1 unspecified atom stereocenters. The first kappa shape index (κ1) is 16.2. The molecule has 4 heteroatoms. The Bertz CT molecular complexity index is 405. The Labute approximate surface area is 129 Å². The SMILES string of the molecule is CCC(CNC(C)(C)C)N1CCN(c2ccccn2)CC1. The lowest BCUT2D eigenvalue weighted by Crippen LogP contribution is -2.54. The van der Waals surface area contributed by atoms with E-state index in [0.29, 0.717) is 6.04 Å². The van der Waals surface area contributed by atoms with Crippen molar-refractivity contribution in [1.29, 1.82) is 0 Å². The highest BCUT2D eigenvalue weighted by Crippen LogP contribution is 2.15. The molecule has 0 spiro atoms. The molecule has 0 radical (unpaired) electrons. The summed E-state index contributed by atoms with van der Waals surface area (Å²) in [5, 5.41) is 3.65. The molecular formula is C17H30N4. The van der Waals surface area contributed by atoms with Gasteiger partial charge >= 0.3 is 0 Å². The van der Waals surface area contributed by atoms with Crippen molar-refractivity contribution in [2.24, 2.45) is 0 Å². The number of hydrogen-bond acceptors (Lipinski definition) is 4. The molecule has 2 heterocycles. The van der Waals surface area contributed by atoms with Gasteiger partial charge in [-0.05, 0) is 39.3 Å². The van der Waals surface area contributed by atoms with Crippen LogP contribution >= 0.6 is 0 Å². The number of anilines is 1. The van der Waals surface area contributed by atoms with Gasteiger partial charge in [-0.15, -0.1) is 0 Å². The Balaban J connectivity index is 1.84. The molecule has 1 saturated heterocycles. The third-order valence-corrected chi connectivity index (χ3v) is 4.14. The van der Waals surface area contributed by atoms with Crippen LogP contribution in [0.25, 0.3) is 0 Å². The van der Waals surface area contributed by atoms with E-state index in [1.165, 1.54) is 6.42 Å². The van der Waals surface area contributed by atoms with E-state index in [4.69, 9.17) is 0 Å². The highest BCUT2D eigenvalue weighted by Gasteiger charge is 2.24. The molecule has 0 aliphatic carbocycles. The second-order valence-corrected chi connectivity index (χ2v) is 6.90. The lowest BCUT2D eigenvalue weighted by molar-refractivity contribution is 0.168. The van der Waals surface area contributed by atoms with Crippen LogP contribution in [0.2, 0.25) is 0 Å². The summed E-state index contributed by atoms with van der Waals surface area (Å²) in [5.74, 6) is 1.11. The van der Waals surface area contributed by atoms with Crippen LogP contribution in [0, 0.1) is 0 Å². The Morgan fingerprint density at radius 1 is 1.19 bits per heavy atom. The molecule has 0 saturated carbocycles. The van der Waals surface area contributed by atoms with Crippen molar-refractivity contribution < 1.29 is 0 Å². The topological polar surface area (TPSA) is 31.4 Å². The molecule has 1 atom stereocenters. The summed E-state index contributed by atoms with van der Waals surface area (Å²) >= 11 is 0. The smallest absolute Gasteiger partial charge is 0.128 e. The first-order chi connectivity index (χ1) is 9.99. The minimum atomic E-state index is 0.198. The zero-order chi connectivity index (χ0) is 15.3. The maximum Gasteiger partial charge on any atom is 0.128 e. The van der Waals surface area contributed by atoms with E-state index >= 15 is 0 Å². The third kappa shape index (κ3) is 4.97. The van der Waals surface area contributed by atoms with E-state index in [1.54, 1.807) is 0 Å². The van der Waals surface area contributed by atoms with Crippen molar-refractivity contribution in [2.75, 3.05) is 37.6 Å². The van der Waals surface area contributed by atoms with Crippen LogP contribution in [0.3, 0.4) is 0 Å². The number of hydrogen-bond donors (Lipinski definition) is 1. The van der Waals surface area contributed by atoms with Crippen molar-refractivity contribution in [3.8, 4) is 0 Å². The second-order valence-electron chi connectivity index (χ2n) is 6.90. The van der Waals surface area contributed by atoms with E-state index in [-0.39, 0.29) is 5.54 Å². The number of nitrogens with zero attached hydrogens (tertiary/aromatic N) is 3. The van der Waals surface area contributed by atoms with Crippen molar-refractivity contribution >= 4 is 5.82 Å². The Kier molecular flexibility index (Phi) is 5.59. The summed E-state index contributed by atoms with van der Waals surface area (Å²) in [6.45, 7) is 14.5. The molecular weight excluding hydrogens is 260 g/mol. The van der Waals surface area contributed by atoms with E-state index in [9.17, 15) is 0 Å². The minimum Gasteiger partial charge on any atom is -0.354 e. The van der Waals surface area contributed by atoms with Gasteiger partial charge in [-0.25, -0.2) is 4.98 Å². The predicted octanol–water partition coefficient (Wildman–Crippen LogP) is 2.37. The highest BCUT2D eigenvalue weighted by molar-refractivity contribution is 5.38. The molecule has 0 amide bonds. The zero-order valence-corrected chi connectivity index (χ0v) is 14.0. The van der Waals surface area contributed by atoms with E-state index in [0.717, 1.165) is 38.5 Å². The first-order valence-corrected chi connectivity index (χ1v) is 8.14. The van der Waals surface area contributed by atoms with Gasteiger partial charge < -0.3 is 10.2 Å². The van der Waals surface area contributed by atoms with Crippen LogP contribution in [0.15, 0.2) is 24.4 Å². The highest BCUT2D eigenvalue weighted by atomic mass is 15.3. The number of piperazine rings is 1. The standard InChI is InChI=1S/C17H30N4/c1-5-15(14-19-17(2,3)4)20-10-12-21(13-11-20)16-8-6-7-9-18-16/h6-9,15,19H,5,10-14H2,1-4H3. The third-order valence-electron chi connectivity index (χ3n) is 4.14. The Morgan fingerprint density at radius 2 is 1.90 bits per heavy atom. The van der Waals surface area contributed by atoms with Gasteiger partial charge in [-0.2, -0.15) is 0 Å². The summed E-state index contributed by atoms with van der Waals surface area (Å²) in [4.78, 5) is 9.47. The molecule has 0 bridgehead atoms. The van der Waals surface area contributed by atoms with Crippen molar-refractivity contribution in [3.05, 3.63) is 24.4 Å². The van der Waals surface area contributed by atoms with Crippen LogP contribution in [0.5, 0.6) is 0 Å². The number of rotatable bonds is 5. The monoisotopic (exact) mass is 290 g/mol. The summed E-state index contributed by atoms with van der Waals surface area (Å²) in [6.07, 6.45) is 3.08. The van der Waals surface area contributed by atoms with Crippen LogP contribution in [-0.2, 0) is 0 Å². The zero-order valence-electron chi connectivity index (χ0n) is 14.0. The molecule has 1 fully saturated rings. The summed E-state index contributed by atoms with van der Waals surface area (Å²) in [7, 11) is 0. The lowest BCUT2D eigenvalue weighted by atomic mass is 10.1. The lowest BCUT2D eigenvalue weighted by Gasteiger charge is -2.40. The van der Waals surface area contributed by atoms with E-state index in [1.807, 2.05) is 12.3 Å². The van der Waals surface area contributed by atoms with Gasteiger partial charge in [-0.1, -0.05) is 13.0 Å². The predicted molar refractivity (Wildman–Crippen MR) is 89.9 cm³/mol. The Hall–Kier alpha value is -1.13. The van der Waals surface area contributed by atoms with Crippen LogP contribution in [0.1, 0.15) is 34.1 Å². The van der Waals surface area contributed by atoms with Gasteiger partial charge in [0.05, 0.1) is 0 Å². The van der Waals surface area contributed by atoms with Gasteiger partial charge in [0, 0.05) is 50.5 Å². The molecule has 0 aromatic carbocycles. The maximum absolute atomic E-state index is 4.46. The fourth-order valence-electron chi connectivity index (χ4n) is 2.81. The van der Waals surface area contributed by atoms with Gasteiger partial charge in [0.25, 0.3) is 0 Å². The Morgan fingerprint density at radius 3 is 2.43 bits per heavy atom. The molecule has 1 N–H and O–H groups in total. The van der Waals surface area contributed by atoms with Crippen LogP contribution in [-0.4, -0.2) is 54.2 Å². The molecule has 1 aromatic rings. The van der Waals surface area contributed by atoms with Crippen molar-refractivity contribution in [3.63, 3.8) is 0 Å². The average Bonchev–Trinajstić information content (AvgIpc) is 2.48. The second kappa shape index (κ2) is 7.23. The number of nitrogens with one attached hydrogen (secondary N) is 1. The summed E-state index contributed by atoms with van der Waals surface area (Å²) in [5.41, 5.74) is 0.198. The van der Waals surface area contributed by atoms with Crippen molar-refractivity contribution in [1.82, 2.24) is 15.2 Å². The quantitative estimate of drug-likeness (QED) is 0.902. The fourth-order valence-corrected chi connectivity index (χ4v) is 2.81. The minimum absolute atomic E-state index is 0.198. The molecule has 21 heavy (non-hydrogen) atoms. The maximum atomic E-state index is 4.46. The van der Waals surface area contributed by atoms with Gasteiger partial charge in [0.1, 0.15) is 5.82 Å². The number of pyridine rings is 1. The first-order valence-electron chi connectivity index (χ1n) is 8.14. The van der Waals surface area contributed by atoms with Gasteiger partial charge in [0.15, 0.2) is 0 Å². The van der Waals surface area contributed by atoms with Crippen LogP contribution < -0.4 is 10.2 Å². The number of aromatic nitrogens is 1. The van der Waals surface area contributed by atoms with E-state index in [2.05, 4.69) is 59.9 Å². The largest absolute Gasteiger partial charge is 0.354 e. The molecule has 2 rings (SSSR count). The normalized spacial score (nSPS) is 18.8. The van der Waals surface area contributed by atoms with Crippen molar-refractivity contribution in [2.45, 2.75) is 45.7 Å². The van der Waals surface area contributed by atoms with E-state index < -0.39 is 0 Å². The molecule has 1 aromatic heterocycles. The average molecular weight is 290 g/mol. The summed E-state index contributed by atoms with van der Waals surface area (Å²) < 4.78 is 0. The molecule has 4 nitrogen and oxygen atoms in total.